The SMILES string of the molecule is [CH]C1=CC=CCC1=O. The van der Waals surface area contributed by atoms with Crippen molar-refractivity contribution in [2.75, 3.05) is 0 Å². The monoisotopic (exact) mass is 106 g/mol. The van der Waals surface area contributed by atoms with Gasteiger partial charge in [0.2, 0.25) is 0 Å². The molecule has 1 aliphatic rings. The van der Waals surface area contributed by atoms with E-state index in [4.69, 9.17) is 6.92 Å². The van der Waals surface area contributed by atoms with Crippen LogP contribution in [0.15, 0.2) is 23.8 Å². The Kier molecular flexibility index (Phi) is 1.29. The Balaban J connectivity index is 2.80. The molecule has 1 aliphatic carbocycles. The van der Waals surface area contributed by atoms with Gasteiger partial charge < -0.3 is 0 Å². The topological polar surface area (TPSA) is 17.1 Å². The number of ketones is 1. The van der Waals surface area contributed by atoms with Gasteiger partial charge in [-0.05, 0) is 5.57 Å². The van der Waals surface area contributed by atoms with E-state index < -0.39 is 0 Å². The lowest BCUT2D eigenvalue weighted by Crippen LogP contribution is -1.99. The number of rotatable bonds is 0. The first-order valence-corrected chi connectivity index (χ1v) is 2.46. The number of allylic oxidation sites excluding steroid dienone is 4. The number of Topliss-reactive ketones (excluding diaryl/α,β-unsaturated/α-hetero) is 1. The largest absolute Gasteiger partial charge is 0.294 e. The van der Waals surface area contributed by atoms with Crippen molar-refractivity contribution < 1.29 is 4.79 Å². The van der Waals surface area contributed by atoms with Gasteiger partial charge >= 0.3 is 0 Å². The quantitative estimate of drug-likeness (QED) is 0.452. The Morgan fingerprint density at radius 1 is 1.62 bits per heavy atom. The molecule has 0 saturated carbocycles. The van der Waals surface area contributed by atoms with E-state index in [1.807, 2.05) is 0 Å². The summed E-state index contributed by atoms with van der Waals surface area (Å²) < 4.78 is 0. The van der Waals surface area contributed by atoms with Gasteiger partial charge in [0.15, 0.2) is 5.78 Å². The average Bonchev–Trinajstić information content (AvgIpc) is 1.77. The van der Waals surface area contributed by atoms with E-state index in [-0.39, 0.29) is 5.78 Å². The van der Waals surface area contributed by atoms with Crippen LogP contribution in [0.3, 0.4) is 0 Å². The van der Waals surface area contributed by atoms with Crippen LogP contribution in [-0.4, -0.2) is 5.78 Å². The zero-order valence-corrected chi connectivity index (χ0v) is 4.42. The first kappa shape index (κ1) is 5.29. The molecule has 2 radical (unpaired) electrons. The smallest absolute Gasteiger partial charge is 0.162 e. The second-order valence-electron chi connectivity index (χ2n) is 1.68. The minimum Gasteiger partial charge on any atom is -0.294 e. The molecule has 0 amide bonds. The van der Waals surface area contributed by atoms with Crippen molar-refractivity contribution in [3.8, 4) is 0 Å². The van der Waals surface area contributed by atoms with E-state index >= 15 is 0 Å². The molecular formula is C7H6O. The Morgan fingerprint density at radius 3 is 2.75 bits per heavy atom. The Morgan fingerprint density at radius 2 is 2.38 bits per heavy atom. The standard InChI is InChI=1S/C7H6O/c1-6-4-2-3-5-7(6)8/h1-4H,5H2. The van der Waals surface area contributed by atoms with Crippen molar-refractivity contribution in [1.82, 2.24) is 0 Å². The molecule has 0 aromatic heterocycles. The maximum atomic E-state index is 10.5. The summed E-state index contributed by atoms with van der Waals surface area (Å²) in [5, 5.41) is 0. The van der Waals surface area contributed by atoms with Crippen LogP contribution in [0.25, 0.3) is 0 Å². The van der Waals surface area contributed by atoms with E-state index in [1.54, 1.807) is 18.2 Å². The predicted octanol–water partition coefficient (Wildman–Crippen LogP) is 1.15. The summed E-state index contributed by atoms with van der Waals surface area (Å²) in [6.45, 7) is 5.24. The molecular weight excluding hydrogens is 100 g/mol. The minimum absolute atomic E-state index is 0.0208. The van der Waals surface area contributed by atoms with Gasteiger partial charge in [0, 0.05) is 13.3 Å². The summed E-state index contributed by atoms with van der Waals surface area (Å²) in [6.07, 6.45) is 5.66. The number of hydrogen-bond acceptors (Lipinski definition) is 1. The van der Waals surface area contributed by atoms with Crippen molar-refractivity contribution in [2.24, 2.45) is 0 Å². The summed E-state index contributed by atoms with van der Waals surface area (Å²) in [7, 11) is 0. The van der Waals surface area contributed by atoms with Gasteiger partial charge in [0.1, 0.15) is 0 Å². The highest BCUT2D eigenvalue weighted by molar-refractivity contribution is 5.98. The molecule has 0 fully saturated rings. The third kappa shape index (κ3) is 0.861. The number of carbonyl (C=O) groups excluding carboxylic acids is 1. The third-order valence-corrected chi connectivity index (χ3v) is 1.04. The molecule has 0 spiro atoms. The Labute approximate surface area is 48.7 Å². The summed E-state index contributed by atoms with van der Waals surface area (Å²) >= 11 is 0. The predicted molar refractivity (Wildman–Crippen MR) is 31.1 cm³/mol. The highest BCUT2D eigenvalue weighted by atomic mass is 16.1. The molecule has 0 unspecified atom stereocenters. The molecule has 0 aromatic carbocycles. The second-order valence-corrected chi connectivity index (χ2v) is 1.68. The number of hydrogen-bond donors (Lipinski definition) is 0. The molecule has 0 bridgehead atoms. The van der Waals surface area contributed by atoms with Crippen LogP contribution in [0.2, 0.25) is 0 Å². The summed E-state index contributed by atoms with van der Waals surface area (Å²) in [5.41, 5.74) is 0.368. The molecule has 1 rings (SSSR count). The summed E-state index contributed by atoms with van der Waals surface area (Å²) in [5.74, 6) is 0.0208. The van der Waals surface area contributed by atoms with Gasteiger partial charge in [0.25, 0.3) is 0 Å². The molecule has 0 heterocycles. The Bertz CT molecular complexity index is 163. The second kappa shape index (κ2) is 1.95. The van der Waals surface area contributed by atoms with Crippen molar-refractivity contribution in [1.29, 1.82) is 0 Å². The highest BCUT2D eigenvalue weighted by Gasteiger charge is 2.02. The van der Waals surface area contributed by atoms with Gasteiger partial charge in [-0.3, -0.25) is 4.79 Å². The molecule has 0 N–H and O–H groups in total. The number of carbonyl (C=O) groups is 1. The minimum atomic E-state index is 0.0208. The molecule has 0 aliphatic heterocycles. The van der Waals surface area contributed by atoms with Gasteiger partial charge in [-0.25, -0.2) is 0 Å². The van der Waals surface area contributed by atoms with Crippen molar-refractivity contribution in [3.63, 3.8) is 0 Å². The first-order chi connectivity index (χ1) is 3.80. The van der Waals surface area contributed by atoms with Crippen LogP contribution < -0.4 is 0 Å². The van der Waals surface area contributed by atoms with Gasteiger partial charge in [0.05, 0.1) is 0 Å². The summed E-state index contributed by atoms with van der Waals surface area (Å²) in [6, 6.07) is 0. The normalized spacial score (nSPS) is 18.6. The average molecular weight is 106 g/mol. The zero-order chi connectivity index (χ0) is 5.98. The summed E-state index contributed by atoms with van der Waals surface area (Å²) in [4.78, 5) is 10.5. The zero-order valence-electron chi connectivity index (χ0n) is 4.42. The van der Waals surface area contributed by atoms with Crippen LogP contribution in [0.4, 0.5) is 0 Å². The van der Waals surface area contributed by atoms with Gasteiger partial charge in [-0.2, -0.15) is 0 Å². The van der Waals surface area contributed by atoms with E-state index in [2.05, 4.69) is 0 Å². The fraction of sp³-hybridized carbons (Fsp3) is 0.143. The van der Waals surface area contributed by atoms with Crippen molar-refractivity contribution in [2.45, 2.75) is 6.42 Å². The molecule has 0 atom stereocenters. The molecule has 0 saturated heterocycles. The van der Waals surface area contributed by atoms with Crippen molar-refractivity contribution in [3.05, 3.63) is 30.7 Å². The van der Waals surface area contributed by atoms with E-state index in [9.17, 15) is 4.79 Å². The fourth-order valence-electron chi connectivity index (χ4n) is 0.558. The van der Waals surface area contributed by atoms with E-state index in [0.717, 1.165) is 0 Å². The van der Waals surface area contributed by atoms with Crippen LogP contribution in [0.5, 0.6) is 0 Å². The molecule has 1 nitrogen and oxygen atoms in total. The first-order valence-electron chi connectivity index (χ1n) is 2.46. The molecule has 0 aromatic rings. The highest BCUT2D eigenvalue weighted by Crippen LogP contribution is 2.04. The van der Waals surface area contributed by atoms with Crippen LogP contribution in [-0.2, 0) is 4.79 Å². The van der Waals surface area contributed by atoms with Crippen LogP contribution in [0, 0.1) is 6.92 Å². The van der Waals surface area contributed by atoms with Crippen LogP contribution in [0.1, 0.15) is 6.42 Å². The maximum absolute atomic E-state index is 10.5. The molecule has 1 heteroatoms. The fourth-order valence-corrected chi connectivity index (χ4v) is 0.558. The Hall–Kier alpha value is -0.850. The van der Waals surface area contributed by atoms with E-state index in [1.165, 1.54) is 0 Å². The maximum Gasteiger partial charge on any atom is 0.162 e. The van der Waals surface area contributed by atoms with E-state index in [0.29, 0.717) is 12.0 Å². The lowest BCUT2D eigenvalue weighted by Gasteiger charge is -1.97. The van der Waals surface area contributed by atoms with Gasteiger partial charge in [-0.15, -0.1) is 0 Å². The molecule has 40 valence electrons. The van der Waals surface area contributed by atoms with Gasteiger partial charge in [-0.1, -0.05) is 18.2 Å². The lowest BCUT2D eigenvalue weighted by atomic mass is 10.1. The molecule has 8 heavy (non-hydrogen) atoms. The third-order valence-electron chi connectivity index (χ3n) is 1.04. The van der Waals surface area contributed by atoms with Crippen LogP contribution >= 0.6 is 0 Å². The lowest BCUT2D eigenvalue weighted by molar-refractivity contribution is -0.114. The van der Waals surface area contributed by atoms with Crippen molar-refractivity contribution >= 4 is 5.78 Å².